The van der Waals surface area contributed by atoms with Crippen LogP contribution >= 0.6 is 0 Å². The van der Waals surface area contributed by atoms with Crippen molar-refractivity contribution in [2.45, 2.75) is 38.8 Å². The number of oxazole rings is 1. The Labute approximate surface area is 152 Å². The van der Waals surface area contributed by atoms with Crippen LogP contribution in [0, 0.1) is 6.92 Å². The molecular weight excluding hydrogens is 334 g/mol. The maximum atomic E-state index is 12.6. The van der Waals surface area contributed by atoms with E-state index in [1.54, 1.807) is 36.1 Å². The molecule has 1 aliphatic rings. The molecule has 138 valence electrons. The van der Waals surface area contributed by atoms with Gasteiger partial charge in [-0.1, -0.05) is 25.1 Å². The van der Waals surface area contributed by atoms with E-state index in [0.717, 1.165) is 0 Å². The molecule has 1 aromatic heterocycles. The number of β-amino-alcohol motifs (C(OH)–C–C–N with tert-alkyl or cyclic N) is 1. The van der Waals surface area contributed by atoms with Crippen LogP contribution in [0.3, 0.4) is 0 Å². The number of piperidine rings is 1. The number of nitrogens with one attached hydrogen (secondary N) is 1. The molecule has 0 saturated carbocycles. The zero-order valence-electron chi connectivity index (χ0n) is 14.9. The minimum Gasteiger partial charge on any atom is -0.435 e. The summed E-state index contributed by atoms with van der Waals surface area (Å²) in [6, 6.07) is 8.46. The lowest BCUT2D eigenvalue weighted by Gasteiger charge is -2.35. The summed E-state index contributed by atoms with van der Waals surface area (Å²) in [5.74, 6) is 0.243. The van der Waals surface area contributed by atoms with Gasteiger partial charge in [-0.2, -0.15) is 0 Å². The highest BCUT2D eigenvalue weighted by molar-refractivity contribution is 5.94. The molecule has 0 unspecified atom stereocenters. The predicted octanol–water partition coefficient (Wildman–Crippen LogP) is 1.55. The van der Waals surface area contributed by atoms with Crippen molar-refractivity contribution >= 4 is 11.8 Å². The molecule has 1 aliphatic heterocycles. The number of aliphatic hydroxyl groups is 1. The number of nitrogens with zero attached hydrogens (tertiary/aromatic N) is 2. The fourth-order valence-electron chi connectivity index (χ4n) is 3.07. The molecule has 3 rings (SSSR count). The Kier molecular flexibility index (Phi) is 5.37. The molecule has 7 heteroatoms. The van der Waals surface area contributed by atoms with Crippen LogP contribution in [0.15, 0.2) is 34.7 Å². The van der Waals surface area contributed by atoms with Gasteiger partial charge in [0.25, 0.3) is 11.8 Å². The second-order valence-corrected chi connectivity index (χ2v) is 6.43. The number of hydrogen-bond donors (Lipinski definition) is 2. The molecule has 1 fully saturated rings. The summed E-state index contributed by atoms with van der Waals surface area (Å²) < 4.78 is 5.51. The molecule has 2 heterocycles. The standard InChI is InChI=1S/C19H23N3O4/c1-3-16-20-12(2)17(26-16)19(25)22-10-9-14(15(23)11-22)21-18(24)13-7-5-4-6-8-13/h4-8,14-15,23H,3,9-11H2,1-2H3,(H,21,24)/t14-,15-/m1/s1. The van der Waals surface area contributed by atoms with Crippen LogP contribution in [0.4, 0.5) is 0 Å². The number of amides is 2. The zero-order valence-corrected chi connectivity index (χ0v) is 14.9. The number of aliphatic hydroxyl groups excluding tert-OH is 1. The van der Waals surface area contributed by atoms with Crippen molar-refractivity contribution in [3.63, 3.8) is 0 Å². The van der Waals surface area contributed by atoms with Crippen molar-refractivity contribution in [3.05, 3.63) is 53.2 Å². The minimum atomic E-state index is -0.839. The predicted molar refractivity (Wildman–Crippen MR) is 94.8 cm³/mol. The third-order valence-corrected chi connectivity index (χ3v) is 4.56. The topological polar surface area (TPSA) is 95.7 Å². The van der Waals surface area contributed by atoms with Crippen LogP contribution in [-0.2, 0) is 6.42 Å². The van der Waals surface area contributed by atoms with Crippen LogP contribution in [0.25, 0.3) is 0 Å². The first-order valence-electron chi connectivity index (χ1n) is 8.79. The van der Waals surface area contributed by atoms with Gasteiger partial charge in [-0.3, -0.25) is 9.59 Å². The molecule has 2 atom stereocenters. The lowest BCUT2D eigenvalue weighted by Crippen LogP contribution is -2.55. The van der Waals surface area contributed by atoms with E-state index >= 15 is 0 Å². The Balaban J connectivity index is 1.62. The number of carbonyl (C=O) groups excluding carboxylic acids is 2. The Hall–Kier alpha value is -2.67. The maximum absolute atomic E-state index is 12.6. The van der Waals surface area contributed by atoms with Crippen molar-refractivity contribution in [1.82, 2.24) is 15.2 Å². The lowest BCUT2D eigenvalue weighted by molar-refractivity contribution is 0.0295. The summed E-state index contributed by atoms with van der Waals surface area (Å²) >= 11 is 0. The fraction of sp³-hybridized carbons (Fsp3) is 0.421. The molecule has 0 spiro atoms. The number of likely N-dealkylation sites (tertiary alicyclic amines) is 1. The highest BCUT2D eigenvalue weighted by Gasteiger charge is 2.33. The van der Waals surface area contributed by atoms with Crippen LogP contribution in [0.5, 0.6) is 0 Å². The molecule has 1 aromatic carbocycles. The van der Waals surface area contributed by atoms with Gasteiger partial charge in [-0.25, -0.2) is 4.98 Å². The number of benzene rings is 1. The quantitative estimate of drug-likeness (QED) is 0.866. The molecular formula is C19H23N3O4. The number of rotatable bonds is 4. The fourth-order valence-corrected chi connectivity index (χ4v) is 3.07. The highest BCUT2D eigenvalue weighted by atomic mass is 16.4. The number of hydrogen-bond acceptors (Lipinski definition) is 5. The molecule has 2 aromatic rings. The maximum Gasteiger partial charge on any atom is 0.291 e. The van der Waals surface area contributed by atoms with Gasteiger partial charge in [0.05, 0.1) is 17.8 Å². The van der Waals surface area contributed by atoms with E-state index in [1.165, 1.54) is 0 Å². The minimum absolute atomic E-state index is 0.139. The average Bonchev–Trinajstić information content (AvgIpc) is 3.04. The third-order valence-electron chi connectivity index (χ3n) is 4.56. The summed E-state index contributed by atoms with van der Waals surface area (Å²) in [4.78, 5) is 30.7. The molecule has 0 radical (unpaired) electrons. The van der Waals surface area contributed by atoms with E-state index < -0.39 is 12.1 Å². The number of aryl methyl sites for hydroxylation is 2. The Morgan fingerprint density at radius 3 is 2.69 bits per heavy atom. The van der Waals surface area contributed by atoms with Crippen molar-refractivity contribution in [2.24, 2.45) is 0 Å². The molecule has 2 N–H and O–H groups in total. The van der Waals surface area contributed by atoms with E-state index in [2.05, 4.69) is 10.3 Å². The first kappa shape index (κ1) is 18.1. The van der Waals surface area contributed by atoms with Crippen LogP contribution < -0.4 is 5.32 Å². The smallest absolute Gasteiger partial charge is 0.291 e. The van der Waals surface area contributed by atoms with Crippen molar-refractivity contribution < 1.29 is 19.1 Å². The SMILES string of the molecule is CCc1nc(C)c(C(=O)N2CC[C@@H](NC(=O)c3ccccc3)[C@H](O)C2)o1. The molecule has 0 bridgehead atoms. The first-order valence-corrected chi connectivity index (χ1v) is 8.79. The van der Waals surface area contributed by atoms with E-state index in [-0.39, 0.29) is 24.1 Å². The first-order chi connectivity index (χ1) is 12.5. The van der Waals surface area contributed by atoms with Gasteiger partial charge in [0.2, 0.25) is 5.76 Å². The lowest BCUT2D eigenvalue weighted by atomic mass is 10.0. The van der Waals surface area contributed by atoms with Gasteiger partial charge in [0.15, 0.2) is 5.89 Å². The summed E-state index contributed by atoms with van der Waals surface area (Å²) in [6.45, 7) is 4.21. The molecule has 2 amide bonds. The Morgan fingerprint density at radius 2 is 2.08 bits per heavy atom. The molecule has 26 heavy (non-hydrogen) atoms. The van der Waals surface area contributed by atoms with E-state index in [1.807, 2.05) is 13.0 Å². The van der Waals surface area contributed by atoms with E-state index in [4.69, 9.17) is 4.42 Å². The van der Waals surface area contributed by atoms with Gasteiger partial charge in [0.1, 0.15) is 0 Å². The van der Waals surface area contributed by atoms with Crippen molar-refractivity contribution in [2.75, 3.05) is 13.1 Å². The molecule has 7 nitrogen and oxygen atoms in total. The summed E-state index contributed by atoms with van der Waals surface area (Å²) in [5.41, 5.74) is 1.10. The normalized spacial score (nSPS) is 20.0. The van der Waals surface area contributed by atoms with Crippen LogP contribution in [-0.4, -0.2) is 52.0 Å². The molecule has 1 saturated heterocycles. The summed E-state index contributed by atoms with van der Waals surface area (Å²) in [6.07, 6.45) is 0.248. The summed E-state index contributed by atoms with van der Waals surface area (Å²) in [7, 11) is 0. The monoisotopic (exact) mass is 357 g/mol. The highest BCUT2D eigenvalue weighted by Crippen LogP contribution is 2.18. The van der Waals surface area contributed by atoms with E-state index in [0.29, 0.717) is 36.5 Å². The summed E-state index contributed by atoms with van der Waals surface area (Å²) in [5, 5.41) is 13.2. The van der Waals surface area contributed by atoms with Gasteiger partial charge in [-0.15, -0.1) is 0 Å². The Bertz CT molecular complexity index is 787. The zero-order chi connectivity index (χ0) is 18.7. The van der Waals surface area contributed by atoms with E-state index in [9.17, 15) is 14.7 Å². The van der Waals surface area contributed by atoms with Crippen molar-refractivity contribution in [1.29, 1.82) is 0 Å². The third kappa shape index (κ3) is 3.77. The largest absolute Gasteiger partial charge is 0.435 e. The van der Waals surface area contributed by atoms with Crippen LogP contribution in [0.2, 0.25) is 0 Å². The average molecular weight is 357 g/mol. The van der Waals surface area contributed by atoms with Gasteiger partial charge in [-0.05, 0) is 25.5 Å². The van der Waals surface area contributed by atoms with Crippen LogP contribution in [0.1, 0.15) is 45.8 Å². The van der Waals surface area contributed by atoms with Gasteiger partial charge in [0, 0.05) is 25.1 Å². The second-order valence-electron chi connectivity index (χ2n) is 6.43. The Morgan fingerprint density at radius 1 is 1.35 bits per heavy atom. The number of carbonyl (C=O) groups is 2. The molecule has 0 aliphatic carbocycles. The van der Waals surface area contributed by atoms with Crippen molar-refractivity contribution in [3.8, 4) is 0 Å². The van der Waals surface area contributed by atoms with Gasteiger partial charge >= 0.3 is 0 Å². The van der Waals surface area contributed by atoms with Gasteiger partial charge < -0.3 is 19.7 Å². The second kappa shape index (κ2) is 7.70. The number of aromatic nitrogens is 1.